The number of fused-ring (bicyclic) bond motifs is 2. The van der Waals surface area contributed by atoms with Gasteiger partial charge in [-0.3, -0.25) is 0 Å². The van der Waals surface area contributed by atoms with Gasteiger partial charge in [0.25, 0.3) is 0 Å². The van der Waals surface area contributed by atoms with E-state index in [1.54, 1.807) is 7.11 Å². The summed E-state index contributed by atoms with van der Waals surface area (Å²) in [6, 6.07) is 4.69. The average molecular weight is 279 g/mol. The molecule has 1 aliphatic carbocycles. The molecule has 3 atom stereocenters. The largest absolute Gasteiger partial charge is 0.496 e. The van der Waals surface area contributed by atoms with Crippen LogP contribution in [0.25, 0.3) is 0 Å². The van der Waals surface area contributed by atoms with E-state index in [1.807, 2.05) is 11.8 Å². The zero-order valence-corrected chi connectivity index (χ0v) is 12.5. The maximum absolute atomic E-state index is 6.11. The van der Waals surface area contributed by atoms with Gasteiger partial charge < -0.3 is 14.8 Å². The second kappa shape index (κ2) is 5.35. The number of thioether (sulfide) groups is 1. The van der Waals surface area contributed by atoms with Gasteiger partial charge >= 0.3 is 0 Å². The average Bonchev–Trinajstić information content (AvgIpc) is 2.44. The molecular formula is C15H21NO2S. The highest BCUT2D eigenvalue weighted by Gasteiger charge is 2.35. The topological polar surface area (TPSA) is 30.5 Å². The lowest BCUT2D eigenvalue weighted by Gasteiger charge is -2.40. The van der Waals surface area contributed by atoms with Crippen molar-refractivity contribution in [1.82, 2.24) is 5.32 Å². The van der Waals surface area contributed by atoms with E-state index in [-0.39, 0.29) is 0 Å². The van der Waals surface area contributed by atoms with Crippen molar-refractivity contribution >= 4 is 11.8 Å². The van der Waals surface area contributed by atoms with Gasteiger partial charge in [-0.15, -0.1) is 11.8 Å². The maximum Gasteiger partial charge on any atom is 0.122 e. The Morgan fingerprint density at radius 2 is 2.16 bits per heavy atom. The highest BCUT2D eigenvalue weighted by atomic mass is 32.2. The van der Waals surface area contributed by atoms with E-state index in [9.17, 15) is 0 Å². The Labute approximate surface area is 119 Å². The van der Waals surface area contributed by atoms with Crippen LogP contribution in [-0.4, -0.2) is 38.2 Å². The van der Waals surface area contributed by atoms with Crippen LogP contribution in [0.4, 0.5) is 0 Å². The molecule has 4 heteroatoms. The first-order chi connectivity index (χ1) is 9.22. The van der Waals surface area contributed by atoms with Crippen LogP contribution in [0.15, 0.2) is 17.0 Å². The second-order valence-corrected chi connectivity index (χ2v) is 6.18. The monoisotopic (exact) mass is 279 g/mol. The maximum atomic E-state index is 6.11. The molecule has 0 aromatic heterocycles. The number of benzene rings is 1. The molecule has 1 N–H and O–H groups in total. The molecule has 0 radical (unpaired) electrons. The third-order valence-electron chi connectivity index (χ3n) is 4.14. The van der Waals surface area contributed by atoms with E-state index in [1.165, 1.54) is 16.0 Å². The first-order valence-corrected chi connectivity index (χ1v) is 8.07. The summed E-state index contributed by atoms with van der Waals surface area (Å²) >= 11 is 1.81. The van der Waals surface area contributed by atoms with Crippen molar-refractivity contribution in [2.75, 3.05) is 19.9 Å². The SMILES string of the molecule is COc1ccc(SC)c2c1C[C@H]1NCC(C)O[C@@H]1C2. The fourth-order valence-corrected chi connectivity index (χ4v) is 3.84. The van der Waals surface area contributed by atoms with E-state index >= 15 is 0 Å². The van der Waals surface area contributed by atoms with Crippen molar-refractivity contribution in [3.05, 3.63) is 23.3 Å². The molecule has 1 aliphatic heterocycles. The second-order valence-electron chi connectivity index (χ2n) is 5.34. The Bertz CT molecular complexity index is 477. The van der Waals surface area contributed by atoms with Gasteiger partial charge in [0, 0.05) is 29.5 Å². The lowest BCUT2D eigenvalue weighted by molar-refractivity contribution is -0.0570. The summed E-state index contributed by atoms with van der Waals surface area (Å²) in [7, 11) is 1.76. The molecule has 1 aromatic rings. The van der Waals surface area contributed by atoms with Crippen molar-refractivity contribution in [3.8, 4) is 5.75 Å². The van der Waals surface area contributed by atoms with E-state index in [0.29, 0.717) is 18.2 Å². The minimum absolute atomic E-state index is 0.300. The molecule has 1 saturated heterocycles. The number of ether oxygens (including phenoxy) is 2. The van der Waals surface area contributed by atoms with Crippen molar-refractivity contribution in [2.45, 2.75) is 42.9 Å². The molecule has 3 rings (SSSR count). The van der Waals surface area contributed by atoms with E-state index in [0.717, 1.165) is 25.1 Å². The summed E-state index contributed by atoms with van der Waals surface area (Å²) in [6.45, 7) is 3.08. The van der Waals surface area contributed by atoms with Crippen LogP contribution in [0.5, 0.6) is 5.75 Å². The highest BCUT2D eigenvalue weighted by Crippen LogP contribution is 2.37. The molecule has 104 valence electrons. The van der Waals surface area contributed by atoms with Gasteiger partial charge in [-0.1, -0.05) is 0 Å². The summed E-state index contributed by atoms with van der Waals surface area (Å²) in [5.41, 5.74) is 2.78. The summed E-state index contributed by atoms with van der Waals surface area (Å²) in [6.07, 6.45) is 4.74. The molecule has 0 amide bonds. The quantitative estimate of drug-likeness (QED) is 0.841. The number of hydrogen-bond acceptors (Lipinski definition) is 4. The lowest BCUT2D eigenvalue weighted by atomic mass is 9.84. The third-order valence-corrected chi connectivity index (χ3v) is 4.96. The summed E-state index contributed by atoms with van der Waals surface area (Å²) < 4.78 is 11.6. The number of morpholine rings is 1. The Morgan fingerprint density at radius 3 is 2.89 bits per heavy atom. The fraction of sp³-hybridized carbons (Fsp3) is 0.600. The Kier molecular flexibility index (Phi) is 3.74. The molecule has 0 saturated carbocycles. The smallest absolute Gasteiger partial charge is 0.122 e. The molecule has 0 spiro atoms. The van der Waals surface area contributed by atoms with Crippen LogP contribution in [0.3, 0.4) is 0 Å². The normalized spacial score (nSPS) is 29.5. The van der Waals surface area contributed by atoms with Crippen LogP contribution in [-0.2, 0) is 17.6 Å². The molecule has 0 bridgehead atoms. The zero-order chi connectivity index (χ0) is 13.4. The summed E-state index contributed by atoms with van der Waals surface area (Å²) in [4.78, 5) is 1.36. The summed E-state index contributed by atoms with van der Waals surface area (Å²) in [5.74, 6) is 1.02. The van der Waals surface area contributed by atoms with E-state index in [4.69, 9.17) is 9.47 Å². The number of rotatable bonds is 2. The first-order valence-electron chi connectivity index (χ1n) is 6.84. The van der Waals surface area contributed by atoms with Gasteiger partial charge in [-0.25, -0.2) is 0 Å². The number of methoxy groups -OCH3 is 1. The van der Waals surface area contributed by atoms with Crippen LogP contribution in [0, 0.1) is 0 Å². The van der Waals surface area contributed by atoms with Gasteiger partial charge in [-0.05, 0) is 37.3 Å². The minimum Gasteiger partial charge on any atom is -0.496 e. The zero-order valence-electron chi connectivity index (χ0n) is 11.7. The Balaban J connectivity index is 1.98. The fourth-order valence-electron chi connectivity index (χ4n) is 3.19. The van der Waals surface area contributed by atoms with Crippen molar-refractivity contribution in [3.63, 3.8) is 0 Å². The van der Waals surface area contributed by atoms with Crippen molar-refractivity contribution in [2.24, 2.45) is 0 Å². The number of hydrogen-bond donors (Lipinski definition) is 1. The van der Waals surface area contributed by atoms with Gasteiger partial charge in [-0.2, -0.15) is 0 Å². The van der Waals surface area contributed by atoms with Crippen molar-refractivity contribution < 1.29 is 9.47 Å². The molecule has 1 heterocycles. The van der Waals surface area contributed by atoms with Gasteiger partial charge in [0.15, 0.2) is 0 Å². The molecule has 2 aliphatic rings. The van der Waals surface area contributed by atoms with Crippen LogP contribution in [0.2, 0.25) is 0 Å². The van der Waals surface area contributed by atoms with E-state index < -0.39 is 0 Å². The lowest BCUT2D eigenvalue weighted by Crippen LogP contribution is -2.55. The van der Waals surface area contributed by atoms with Gasteiger partial charge in [0.05, 0.1) is 19.3 Å². The molecule has 19 heavy (non-hydrogen) atoms. The summed E-state index contributed by atoms with van der Waals surface area (Å²) in [5, 5.41) is 3.61. The highest BCUT2D eigenvalue weighted by molar-refractivity contribution is 7.98. The predicted octanol–water partition coefficient (Wildman–Crippen LogP) is 2.26. The Hall–Kier alpha value is -0.710. The van der Waals surface area contributed by atoms with E-state index in [2.05, 4.69) is 30.6 Å². The molecule has 1 aromatic carbocycles. The van der Waals surface area contributed by atoms with Gasteiger partial charge in [0.1, 0.15) is 5.75 Å². The van der Waals surface area contributed by atoms with Crippen LogP contribution >= 0.6 is 11.8 Å². The van der Waals surface area contributed by atoms with Gasteiger partial charge in [0.2, 0.25) is 0 Å². The standard InChI is InChI=1S/C15H21NO2S/c1-9-8-16-12-6-10-11(7-14(12)18-9)15(19-3)5-4-13(10)17-2/h4-5,9,12,14,16H,6-8H2,1-3H3/t9?,12-,14-/m1/s1. The van der Waals surface area contributed by atoms with Crippen LogP contribution < -0.4 is 10.1 Å². The third kappa shape index (κ3) is 2.37. The molecule has 3 nitrogen and oxygen atoms in total. The molecule has 1 unspecified atom stereocenters. The first kappa shape index (κ1) is 13.3. The Morgan fingerprint density at radius 1 is 1.32 bits per heavy atom. The molecular weight excluding hydrogens is 258 g/mol. The van der Waals surface area contributed by atoms with Crippen molar-refractivity contribution in [1.29, 1.82) is 0 Å². The predicted molar refractivity (Wildman–Crippen MR) is 78.3 cm³/mol. The minimum atomic E-state index is 0.300. The number of nitrogens with one attached hydrogen (secondary N) is 1. The van der Waals surface area contributed by atoms with Crippen LogP contribution in [0.1, 0.15) is 18.1 Å². The molecule has 1 fully saturated rings.